The molecule has 0 aliphatic heterocycles. The fraction of sp³-hybridized carbons (Fsp3) is 0.0364. The number of nitrogens with zero attached hydrogens (tertiary/aromatic N) is 5. The zero-order chi connectivity index (χ0) is 40.2. The highest BCUT2D eigenvalue weighted by atomic mass is 15.0. The van der Waals surface area contributed by atoms with E-state index in [9.17, 15) is 0 Å². The van der Waals surface area contributed by atoms with Crippen LogP contribution >= 0.6 is 0 Å². The molecule has 3 aromatic heterocycles. The van der Waals surface area contributed by atoms with Gasteiger partial charge in [0, 0.05) is 49.4 Å². The first-order chi connectivity index (χ1) is 29.6. The Morgan fingerprint density at radius 1 is 0.267 bits per heavy atom. The third-order valence-electron chi connectivity index (χ3n) is 11.6. The SMILES string of the molecule is Cc1c2c(-c3ccccc3)nc3cc(-c4ccc(-c5nc(-c6ccccc6)nc(-c6ccccc6)n5)cc4)ccc3c2c(C)c2c(-c3ccccc3)nc3ccccc3c12. The van der Waals surface area contributed by atoms with Crippen LogP contribution < -0.4 is 0 Å². The zero-order valence-electron chi connectivity index (χ0n) is 33.1. The van der Waals surface area contributed by atoms with Crippen molar-refractivity contribution < 1.29 is 0 Å². The molecule has 0 aliphatic rings. The summed E-state index contributed by atoms with van der Waals surface area (Å²) in [5.41, 5.74) is 13.5. The van der Waals surface area contributed by atoms with Gasteiger partial charge in [-0.1, -0.05) is 176 Å². The van der Waals surface area contributed by atoms with Gasteiger partial charge in [-0.3, -0.25) is 0 Å². The molecule has 0 saturated carbocycles. The summed E-state index contributed by atoms with van der Waals surface area (Å²) in [6.07, 6.45) is 0. The number of pyridine rings is 2. The van der Waals surface area contributed by atoms with Crippen LogP contribution in [0.2, 0.25) is 0 Å². The summed E-state index contributed by atoms with van der Waals surface area (Å²) in [5.74, 6) is 1.91. The van der Waals surface area contributed by atoms with Crippen molar-refractivity contribution in [3.8, 4) is 67.8 Å². The Morgan fingerprint density at radius 3 is 1.13 bits per heavy atom. The zero-order valence-corrected chi connectivity index (χ0v) is 33.1. The molecule has 0 aliphatic carbocycles. The Morgan fingerprint density at radius 2 is 0.633 bits per heavy atom. The first-order valence-corrected chi connectivity index (χ1v) is 20.3. The molecule has 0 amide bonds. The van der Waals surface area contributed by atoms with Gasteiger partial charge >= 0.3 is 0 Å². The maximum absolute atomic E-state index is 5.53. The molecular formula is C55H37N5. The Bertz CT molecular complexity index is 3350. The maximum atomic E-state index is 5.53. The van der Waals surface area contributed by atoms with E-state index in [2.05, 4.69) is 141 Å². The topological polar surface area (TPSA) is 64.5 Å². The monoisotopic (exact) mass is 767 g/mol. The van der Waals surface area contributed by atoms with Crippen LogP contribution in [0.3, 0.4) is 0 Å². The summed E-state index contributed by atoms with van der Waals surface area (Å²) in [5, 5.41) is 7.06. The molecule has 11 rings (SSSR count). The number of rotatable bonds is 6. The van der Waals surface area contributed by atoms with Gasteiger partial charge in [0.2, 0.25) is 0 Å². The molecule has 60 heavy (non-hydrogen) atoms. The fourth-order valence-electron chi connectivity index (χ4n) is 8.77. The Kier molecular flexibility index (Phi) is 8.52. The van der Waals surface area contributed by atoms with E-state index in [-0.39, 0.29) is 0 Å². The van der Waals surface area contributed by atoms with Crippen molar-refractivity contribution in [3.63, 3.8) is 0 Å². The highest BCUT2D eigenvalue weighted by molar-refractivity contribution is 6.25. The van der Waals surface area contributed by atoms with Crippen molar-refractivity contribution >= 4 is 43.4 Å². The molecule has 3 heterocycles. The second kappa shape index (κ2) is 14.5. The molecule has 5 heteroatoms. The molecule has 0 saturated heterocycles. The second-order valence-electron chi connectivity index (χ2n) is 15.3. The number of hydrogen-bond acceptors (Lipinski definition) is 5. The van der Waals surface area contributed by atoms with E-state index in [1.807, 2.05) is 60.7 Å². The predicted molar refractivity (Wildman–Crippen MR) is 248 cm³/mol. The van der Waals surface area contributed by atoms with Gasteiger partial charge in [0.1, 0.15) is 0 Å². The lowest BCUT2D eigenvalue weighted by molar-refractivity contribution is 1.07. The van der Waals surface area contributed by atoms with Gasteiger partial charge in [-0.05, 0) is 59.0 Å². The summed E-state index contributed by atoms with van der Waals surface area (Å²) in [4.78, 5) is 25.6. The minimum absolute atomic E-state index is 0.628. The summed E-state index contributed by atoms with van der Waals surface area (Å²) >= 11 is 0. The summed E-state index contributed by atoms with van der Waals surface area (Å²) < 4.78 is 0. The lowest BCUT2D eigenvalue weighted by atomic mass is 9.85. The maximum Gasteiger partial charge on any atom is 0.164 e. The van der Waals surface area contributed by atoms with Gasteiger partial charge in [0.25, 0.3) is 0 Å². The predicted octanol–water partition coefficient (Wildman–Crippen LogP) is 13.9. The molecule has 0 bridgehead atoms. The summed E-state index contributed by atoms with van der Waals surface area (Å²) in [7, 11) is 0. The highest BCUT2D eigenvalue weighted by Crippen LogP contribution is 2.45. The smallest absolute Gasteiger partial charge is 0.164 e. The number of benzene rings is 8. The van der Waals surface area contributed by atoms with Crippen LogP contribution in [0.25, 0.3) is 111 Å². The van der Waals surface area contributed by atoms with E-state index in [1.54, 1.807) is 0 Å². The summed E-state index contributed by atoms with van der Waals surface area (Å²) in [6, 6.07) is 65.0. The van der Waals surface area contributed by atoms with Crippen LogP contribution in [0.5, 0.6) is 0 Å². The quantitative estimate of drug-likeness (QED) is 0.125. The van der Waals surface area contributed by atoms with Crippen molar-refractivity contribution in [1.82, 2.24) is 24.9 Å². The second-order valence-corrected chi connectivity index (χ2v) is 15.3. The van der Waals surface area contributed by atoms with Crippen molar-refractivity contribution in [1.29, 1.82) is 0 Å². The van der Waals surface area contributed by atoms with Gasteiger partial charge in [-0.15, -0.1) is 0 Å². The Balaban J connectivity index is 1.10. The number of aromatic nitrogens is 5. The standard InChI is InChI=1S/C55H37N5/c1-34-47-43-25-15-16-26-45(43)56-51(37-17-7-3-8-18-37)49(47)35(2)48-44-32-31-42(33-46(44)57-52(50(34)48)38-19-9-4-10-20-38)36-27-29-41(30-28-36)55-59-53(39-21-11-5-12-22-39)58-54(60-55)40-23-13-6-14-24-40/h3-33H,1-2H3. The van der Waals surface area contributed by atoms with E-state index >= 15 is 0 Å². The van der Waals surface area contributed by atoms with E-state index in [1.165, 1.54) is 32.7 Å². The van der Waals surface area contributed by atoms with Crippen LogP contribution in [0.15, 0.2) is 188 Å². The average molecular weight is 768 g/mol. The first-order valence-electron chi connectivity index (χ1n) is 20.3. The molecule has 0 atom stereocenters. The van der Waals surface area contributed by atoms with E-state index in [4.69, 9.17) is 24.9 Å². The molecule has 5 nitrogen and oxygen atoms in total. The van der Waals surface area contributed by atoms with Crippen LogP contribution in [0, 0.1) is 13.8 Å². The van der Waals surface area contributed by atoms with Crippen molar-refractivity contribution in [3.05, 3.63) is 199 Å². The van der Waals surface area contributed by atoms with Crippen molar-refractivity contribution in [2.75, 3.05) is 0 Å². The van der Waals surface area contributed by atoms with Gasteiger partial charge in [-0.25, -0.2) is 24.9 Å². The molecular weight excluding hydrogens is 731 g/mol. The van der Waals surface area contributed by atoms with E-state index in [0.717, 1.165) is 72.1 Å². The van der Waals surface area contributed by atoms with Crippen LogP contribution in [0.1, 0.15) is 11.1 Å². The number of fused-ring (bicyclic) bond motifs is 6. The lowest BCUT2D eigenvalue weighted by Crippen LogP contribution is -2.00. The largest absolute Gasteiger partial charge is 0.247 e. The molecule has 0 spiro atoms. The molecule has 8 aromatic carbocycles. The van der Waals surface area contributed by atoms with Crippen LogP contribution in [-0.4, -0.2) is 24.9 Å². The van der Waals surface area contributed by atoms with Crippen molar-refractivity contribution in [2.24, 2.45) is 0 Å². The molecule has 0 radical (unpaired) electrons. The number of para-hydroxylation sites is 1. The molecule has 0 unspecified atom stereocenters. The third-order valence-corrected chi connectivity index (χ3v) is 11.6. The first kappa shape index (κ1) is 35.3. The van der Waals surface area contributed by atoms with Gasteiger partial charge in [0.15, 0.2) is 17.5 Å². The molecule has 11 aromatic rings. The molecule has 282 valence electrons. The van der Waals surface area contributed by atoms with E-state index in [0.29, 0.717) is 17.5 Å². The van der Waals surface area contributed by atoms with Gasteiger partial charge in [-0.2, -0.15) is 0 Å². The van der Waals surface area contributed by atoms with Crippen LogP contribution in [-0.2, 0) is 0 Å². The Labute approximate surface area is 347 Å². The van der Waals surface area contributed by atoms with Gasteiger partial charge in [0.05, 0.1) is 22.4 Å². The lowest BCUT2D eigenvalue weighted by Gasteiger charge is -2.21. The van der Waals surface area contributed by atoms with E-state index < -0.39 is 0 Å². The van der Waals surface area contributed by atoms with Gasteiger partial charge < -0.3 is 0 Å². The Hall–Kier alpha value is -7.89. The minimum Gasteiger partial charge on any atom is -0.247 e. The normalized spacial score (nSPS) is 11.5. The summed E-state index contributed by atoms with van der Waals surface area (Å²) in [6.45, 7) is 4.53. The van der Waals surface area contributed by atoms with Crippen molar-refractivity contribution in [2.45, 2.75) is 13.8 Å². The fourth-order valence-corrected chi connectivity index (χ4v) is 8.77. The minimum atomic E-state index is 0.628. The number of aryl methyl sites for hydroxylation is 2. The molecule has 0 fully saturated rings. The number of hydrogen-bond donors (Lipinski definition) is 0. The third kappa shape index (κ3) is 5.98. The van der Waals surface area contributed by atoms with Crippen LogP contribution in [0.4, 0.5) is 0 Å². The average Bonchev–Trinajstić information content (AvgIpc) is 3.33. The highest BCUT2D eigenvalue weighted by Gasteiger charge is 2.23. The molecule has 0 N–H and O–H groups in total.